The lowest BCUT2D eigenvalue weighted by atomic mass is 9.87. The van der Waals surface area contributed by atoms with Gasteiger partial charge in [-0.3, -0.25) is 4.79 Å². The molecule has 0 bridgehead atoms. The summed E-state index contributed by atoms with van der Waals surface area (Å²) in [6, 6.07) is 4.66. The van der Waals surface area contributed by atoms with Gasteiger partial charge in [0.05, 0.1) is 35.6 Å². The smallest absolute Gasteiger partial charge is 0.340 e. The molecule has 210 valence electrons. The largest absolute Gasteiger partial charge is 0.489 e. The molecule has 0 saturated heterocycles. The molecule has 0 aliphatic heterocycles. The number of ether oxygens (including phenoxy) is 2. The molecule has 3 heterocycles. The second-order valence-corrected chi connectivity index (χ2v) is 9.15. The Labute approximate surface area is 220 Å². The van der Waals surface area contributed by atoms with Crippen molar-refractivity contribution in [3.05, 3.63) is 35.8 Å². The Balaban J connectivity index is 1.43. The number of halogens is 4. The van der Waals surface area contributed by atoms with Crippen LogP contribution >= 0.6 is 0 Å². The van der Waals surface area contributed by atoms with Crippen LogP contribution < -0.4 is 14.8 Å². The molecule has 0 radical (unpaired) electrons. The normalized spacial score (nSPS) is 17.7. The van der Waals surface area contributed by atoms with E-state index in [4.69, 9.17) is 9.47 Å². The lowest BCUT2D eigenvalue weighted by molar-refractivity contribution is -0.148. The minimum absolute atomic E-state index is 0.0139. The first kappa shape index (κ1) is 28.0. The number of carboxylic acid groups (broad SMARTS) is 1. The van der Waals surface area contributed by atoms with Crippen LogP contribution in [-0.2, 0) is 18.4 Å². The lowest BCUT2D eigenvalue weighted by Gasteiger charge is -2.27. The van der Waals surface area contributed by atoms with Gasteiger partial charge in [0.25, 0.3) is 0 Å². The SMILES string of the molecule is Cc1nc(-c2nnn(C)c2CNc2nccc(OCC(F)(F)C(F)F)n2)ccc1O[C@H]1CCC[C@H](C(=O)O)C1. The third-order valence-electron chi connectivity index (χ3n) is 6.27. The number of alkyl halides is 4. The number of nitrogens with zero attached hydrogens (tertiary/aromatic N) is 6. The highest BCUT2D eigenvalue weighted by molar-refractivity contribution is 5.70. The van der Waals surface area contributed by atoms with E-state index in [1.54, 1.807) is 26.1 Å². The zero-order chi connectivity index (χ0) is 28.2. The summed E-state index contributed by atoms with van der Waals surface area (Å²) in [7, 11) is 1.67. The standard InChI is InChI=1S/C24H27F4N7O4/c1-13-18(39-15-5-3-4-14(10-15)21(36)37)7-6-16(31-13)20-17(35(2)34-33-20)11-30-23-29-9-8-19(32-23)38-12-24(27,28)22(25)26/h6-9,14-15,22H,3-5,10-12H2,1-2H3,(H,36,37)(H,29,30,32)/t14-,15-/m0/s1. The van der Waals surface area contributed by atoms with Crippen LogP contribution in [0.5, 0.6) is 11.6 Å². The summed E-state index contributed by atoms with van der Waals surface area (Å²) in [6.45, 7) is 0.372. The van der Waals surface area contributed by atoms with Crippen LogP contribution in [0.3, 0.4) is 0 Å². The number of anilines is 1. The topological polar surface area (TPSA) is 137 Å². The number of carbonyl (C=O) groups is 1. The van der Waals surface area contributed by atoms with Gasteiger partial charge in [-0.1, -0.05) is 5.21 Å². The van der Waals surface area contributed by atoms with E-state index in [9.17, 15) is 27.5 Å². The summed E-state index contributed by atoms with van der Waals surface area (Å²) in [6.07, 6.45) is -0.184. The summed E-state index contributed by atoms with van der Waals surface area (Å²) in [5.41, 5.74) is 2.19. The Hall–Kier alpha value is -4.04. The number of rotatable bonds is 11. The average molecular weight is 554 g/mol. The number of aryl methyl sites for hydroxylation is 2. The Morgan fingerprint density at radius 2 is 2.05 bits per heavy atom. The van der Waals surface area contributed by atoms with Gasteiger partial charge in [0.2, 0.25) is 11.8 Å². The first-order chi connectivity index (χ1) is 18.5. The zero-order valence-electron chi connectivity index (χ0n) is 21.2. The quantitative estimate of drug-likeness (QED) is 0.337. The molecule has 3 aromatic rings. The fourth-order valence-corrected chi connectivity index (χ4v) is 4.14. The van der Waals surface area contributed by atoms with E-state index in [1.165, 1.54) is 16.9 Å². The number of aromatic nitrogens is 6. The molecule has 0 spiro atoms. The second kappa shape index (κ2) is 11.8. The molecule has 3 aromatic heterocycles. The van der Waals surface area contributed by atoms with Crippen LogP contribution in [0.15, 0.2) is 24.4 Å². The molecular formula is C24H27F4N7O4. The molecule has 1 fully saturated rings. The maximum absolute atomic E-state index is 13.1. The number of carboxylic acids is 1. The van der Waals surface area contributed by atoms with Crippen LogP contribution in [0.1, 0.15) is 37.1 Å². The molecule has 0 amide bonds. The molecule has 0 unspecified atom stereocenters. The molecule has 15 heteroatoms. The van der Waals surface area contributed by atoms with Crippen LogP contribution in [0.25, 0.3) is 11.4 Å². The highest BCUT2D eigenvalue weighted by Crippen LogP contribution is 2.31. The fourth-order valence-electron chi connectivity index (χ4n) is 4.14. The predicted molar refractivity (Wildman–Crippen MR) is 129 cm³/mol. The second-order valence-electron chi connectivity index (χ2n) is 9.15. The Kier molecular flexibility index (Phi) is 8.45. The molecule has 11 nitrogen and oxygen atoms in total. The molecule has 2 N–H and O–H groups in total. The third-order valence-corrected chi connectivity index (χ3v) is 6.27. The van der Waals surface area contributed by atoms with Crippen LogP contribution in [-0.4, -0.2) is 66.1 Å². The van der Waals surface area contributed by atoms with E-state index in [2.05, 4.69) is 30.6 Å². The maximum atomic E-state index is 13.1. The number of pyridine rings is 1. The first-order valence-electron chi connectivity index (χ1n) is 12.1. The minimum Gasteiger partial charge on any atom is -0.489 e. The van der Waals surface area contributed by atoms with E-state index in [0.717, 1.165) is 12.8 Å². The van der Waals surface area contributed by atoms with Crippen molar-refractivity contribution in [3.8, 4) is 23.0 Å². The van der Waals surface area contributed by atoms with E-state index in [-0.39, 0.29) is 24.5 Å². The molecule has 4 rings (SSSR count). The van der Waals surface area contributed by atoms with Gasteiger partial charge in [0.15, 0.2) is 6.61 Å². The monoisotopic (exact) mass is 553 g/mol. The van der Waals surface area contributed by atoms with E-state index < -0.39 is 30.8 Å². The van der Waals surface area contributed by atoms with E-state index in [1.807, 2.05) is 0 Å². The summed E-state index contributed by atoms with van der Waals surface area (Å²) < 4.78 is 63.3. The van der Waals surface area contributed by atoms with Crippen molar-refractivity contribution in [2.75, 3.05) is 11.9 Å². The van der Waals surface area contributed by atoms with Gasteiger partial charge in [0, 0.05) is 19.3 Å². The third kappa shape index (κ3) is 6.89. The van der Waals surface area contributed by atoms with Crippen molar-refractivity contribution in [3.63, 3.8) is 0 Å². The van der Waals surface area contributed by atoms with Crippen LogP contribution in [0, 0.1) is 12.8 Å². The fraction of sp³-hybridized carbons (Fsp3) is 0.500. The lowest BCUT2D eigenvalue weighted by Crippen LogP contribution is -2.33. The van der Waals surface area contributed by atoms with Crippen molar-refractivity contribution in [2.45, 2.75) is 57.6 Å². The summed E-state index contributed by atoms with van der Waals surface area (Å²) in [5.74, 6) is -5.26. The van der Waals surface area contributed by atoms with Gasteiger partial charge in [0.1, 0.15) is 11.4 Å². The highest BCUT2D eigenvalue weighted by Gasteiger charge is 2.41. The van der Waals surface area contributed by atoms with Gasteiger partial charge < -0.3 is 19.9 Å². The molecule has 0 aromatic carbocycles. The molecule has 1 saturated carbocycles. The zero-order valence-corrected chi connectivity index (χ0v) is 21.2. The Bertz CT molecular complexity index is 1310. The number of nitrogens with one attached hydrogen (secondary N) is 1. The summed E-state index contributed by atoms with van der Waals surface area (Å²) in [4.78, 5) is 23.9. The highest BCUT2D eigenvalue weighted by atomic mass is 19.3. The Morgan fingerprint density at radius 3 is 2.77 bits per heavy atom. The molecule has 39 heavy (non-hydrogen) atoms. The molecule has 1 aliphatic carbocycles. The first-order valence-corrected chi connectivity index (χ1v) is 12.1. The number of aliphatic carboxylic acids is 1. The molecule has 1 aliphatic rings. The maximum Gasteiger partial charge on any atom is 0.340 e. The van der Waals surface area contributed by atoms with Gasteiger partial charge in [-0.25, -0.2) is 23.4 Å². The van der Waals surface area contributed by atoms with Gasteiger partial charge in [-0.05, 0) is 44.7 Å². The average Bonchev–Trinajstić information content (AvgIpc) is 3.28. The minimum atomic E-state index is -4.31. The van der Waals surface area contributed by atoms with Gasteiger partial charge in [-0.15, -0.1) is 5.10 Å². The van der Waals surface area contributed by atoms with Crippen LogP contribution in [0.4, 0.5) is 23.5 Å². The van der Waals surface area contributed by atoms with Crippen LogP contribution in [0.2, 0.25) is 0 Å². The van der Waals surface area contributed by atoms with Crippen molar-refractivity contribution in [1.29, 1.82) is 0 Å². The van der Waals surface area contributed by atoms with Gasteiger partial charge in [-0.2, -0.15) is 13.8 Å². The van der Waals surface area contributed by atoms with Crippen molar-refractivity contribution >= 4 is 11.9 Å². The molecular weight excluding hydrogens is 526 g/mol. The predicted octanol–water partition coefficient (Wildman–Crippen LogP) is 3.89. The van der Waals surface area contributed by atoms with E-state index in [0.29, 0.717) is 41.4 Å². The van der Waals surface area contributed by atoms with Crippen molar-refractivity contribution < 1.29 is 36.9 Å². The Morgan fingerprint density at radius 1 is 1.26 bits per heavy atom. The van der Waals surface area contributed by atoms with Gasteiger partial charge >= 0.3 is 18.3 Å². The number of hydrogen-bond donors (Lipinski definition) is 2. The van der Waals surface area contributed by atoms with E-state index >= 15 is 0 Å². The summed E-state index contributed by atoms with van der Waals surface area (Å²) >= 11 is 0. The molecule has 2 atom stereocenters. The van der Waals surface area contributed by atoms with Crippen molar-refractivity contribution in [1.82, 2.24) is 29.9 Å². The number of hydrogen-bond acceptors (Lipinski definition) is 9. The summed E-state index contributed by atoms with van der Waals surface area (Å²) in [5, 5.41) is 20.5. The van der Waals surface area contributed by atoms with Crippen molar-refractivity contribution in [2.24, 2.45) is 13.0 Å².